The van der Waals surface area contributed by atoms with Gasteiger partial charge in [-0.25, -0.2) is 9.97 Å². The van der Waals surface area contributed by atoms with Crippen molar-refractivity contribution in [3.05, 3.63) is 41.9 Å². The predicted octanol–water partition coefficient (Wildman–Crippen LogP) is 3.25. The highest BCUT2D eigenvalue weighted by atomic mass is 32.2. The molecule has 1 aliphatic rings. The van der Waals surface area contributed by atoms with Gasteiger partial charge in [0.15, 0.2) is 0 Å². The van der Waals surface area contributed by atoms with Crippen molar-refractivity contribution in [2.24, 2.45) is 0 Å². The van der Waals surface area contributed by atoms with Gasteiger partial charge in [-0.05, 0) is 38.0 Å². The van der Waals surface area contributed by atoms with Crippen LogP contribution in [0, 0.1) is 6.92 Å². The molecule has 1 aliphatic heterocycles. The molecule has 5 nitrogen and oxygen atoms in total. The van der Waals surface area contributed by atoms with Crippen LogP contribution < -0.4 is 10.2 Å². The van der Waals surface area contributed by atoms with E-state index >= 15 is 0 Å². The zero-order valence-corrected chi connectivity index (χ0v) is 15.0. The van der Waals surface area contributed by atoms with E-state index in [0.717, 1.165) is 48.0 Å². The fourth-order valence-electron chi connectivity index (χ4n) is 2.88. The minimum Gasteiger partial charge on any atom is -0.396 e. The fourth-order valence-corrected chi connectivity index (χ4v) is 3.78. The number of hydrogen-bond donors (Lipinski definition) is 2. The van der Waals surface area contributed by atoms with Gasteiger partial charge in [-0.2, -0.15) is 0 Å². The van der Waals surface area contributed by atoms with Crippen molar-refractivity contribution < 1.29 is 5.11 Å². The normalized spacial score (nSPS) is 16.8. The van der Waals surface area contributed by atoms with E-state index in [1.165, 1.54) is 4.90 Å². The highest BCUT2D eigenvalue weighted by molar-refractivity contribution is 7.99. The topological polar surface area (TPSA) is 61.3 Å². The number of aliphatic hydroxyl groups excluding tert-OH is 1. The Bertz CT molecular complexity index is 694. The van der Waals surface area contributed by atoms with Gasteiger partial charge in [0.25, 0.3) is 0 Å². The Labute approximate surface area is 147 Å². The van der Waals surface area contributed by atoms with Crippen LogP contribution in [0.25, 0.3) is 0 Å². The first-order chi connectivity index (χ1) is 11.7. The molecule has 128 valence electrons. The highest BCUT2D eigenvalue weighted by Gasteiger charge is 2.25. The van der Waals surface area contributed by atoms with Crippen LogP contribution in [0.3, 0.4) is 0 Å². The van der Waals surface area contributed by atoms with Gasteiger partial charge in [0.05, 0.1) is 6.04 Å². The lowest BCUT2D eigenvalue weighted by Crippen LogP contribution is -2.31. The number of fused-ring (bicyclic) bond motifs is 1. The number of benzene rings is 1. The van der Waals surface area contributed by atoms with Crippen LogP contribution >= 0.6 is 11.8 Å². The Balaban J connectivity index is 1.75. The highest BCUT2D eigenvalue weighted by Crippen LogP contribution is 2.34. The Morgan fingerprint density at radius 1 is 1.42 bits per heavy atom. The van der Waals surface area contributed by atoms with Crippen molar-refractivity contribution in [3.8, 4) is 0 Å². The van der Waals surface area contributed by atoms with Gasteiger partial charge in [0, 0.05) is 48.3 Å². The molecule has 0 saturated carbocycles. The van der Waals surface area contributed by atoms with Crippen LogP contribution in [0.4, 0.5) is 11.5 Å². The van der Waals surface area contributed by atoms with E-state index in [4.69, 9.17) is 5.11 Å². The lowest BCUT2D eigenvalue weighted by atomic mass is 10.0. The maximum atomic E-state index is 8.91. The average molecular weight is 344 g/mol. The second-order valence-corrected chi connectivity index (χ2v) is 7.23. The third kappa shape index (κ3) is 3.99. The maximum Gasteiger partial charge on any atom is 0.137 e. The number of aromatic nitrogens is 2. The Morgan fingerprint density at radius 2 is 2.29 bits per heavy atom. The second kappa shape index (κ2) is 7.85. The number of rotatable bonds is 6. The van der Waals surface area contributed by atoms with Crippen molar-refractivity contribution in [2.45, 2.75) is 30.7 Å². The zero-order valence-electron chi connectivity index (χ0n) is 14.2. The summed E-state index contributed by atoms with van der Waals surface area (Å²) in [6, 6.07) is 8.69. The van der Waals surface area contributed by atoms with Gasteiger partial charge in [-0.1, -0.05) is 6.07 Å². The monoisotopic (exact) mass is 344 g/mol. The lowest BCUT2D eigenvalue weighted by Gasteiger charge is -2.32. The van der Waals surface area contributed by atoms with Crippen LogP contribution in [0.1, 0.15) is 30.3 Å². The van der Waals surface area contributed by atoms with E-state index in [-0.39, 0.29) is 12.6 Å². The lowest BCUT2D eigenvalue weighted by molar-refractivity contribution is 0.296. The molecule has 1 atom stereocenters. The summed E-state index contributed by atoms with van der Waals surface area (Å²) < 4.78 is 0. The molecule has 6 heteroatoms. The molecule has 0 fully saturated rings. The van der Waals surface area contributed by atoms with E-state index in [1.54, 1.807) is 11.8 Å². The summed E-state index contributed by atoms with van der Waals surface area (Å²) in [6.07, 6.45) is 3.80. The molecule has 1 aromatic heterocycles. The number of aliphatic hydroxyl groups is 1. The van der Waals surface area contributed by atoms with Crippen LogP contribution in [0.15, 0.2) is 35.4 Å². The molecule has 24 heavy (non-hydrogen) atoms. The molecule has 1 unspecified atom stereocenters. The molecule has 0 radical (unpaired) electrons. The molecule has 0 bridgehead atoms. The van der Waals surface area contributed by atoms with E-state index in [2.05, 4.69) is 51.5 Å². The predicted molar refractivity (Wildman–Crippen MR) is 99.9 cm³/mol. The summed E-state index contributed by atoms with van der Waals surface area (Å²) >= 11 is 1.78. The number of thioether (sulfide) groups is 1. The van der Waals surface area contributed by atoms with Gasteiger partial charge in [0.2, 0.25) is 0 Å². The van der Waals surface area contributed by atoms with Gasteiger partial charge in [0.1, 0.15) is 11.6 Å². The van der Waals surface area contributed by atoms with Crippen LogP contribution in [0.5, 0.6) is 0 Å². The summed E-state index contributed by atoms with van der Waals surface area (Å²) in [5, 5.41) is 12.5. The van der Waals surface area contributed by atoms with Gasteiger partial charge < -0.3 is 15.3 Å². The van der Waals surface area contributed by atoms with Crippen molar-refractivity contribution in [3.63, 3.8) is 0 Å². The number of nitrogens with one attached hydrogen (secondary N) is 1. The summed E-state index contributed by atoms with van der Waals surface area (Å²) in [5.41, 5.74) is 2.28. The number of aryl methyl sites for hydroxylation is 1. The zero-order chi connectivity index (χ0) is 16.9. The van der Waals surface area contributed by atoms with Crippen LogP contribution in [-0.4, -0.2) is 41.0 Å². The molecule has 1 aromatic carbocycles. The Kier molecular flexibility index (Phi) is 5.58. The maximum absolute atomic E-state index is 8.91. The van der Waals surface area contributed by atoms with E-state index < -0.39 is 0 Å². The molecule has 2 aromatic rings. The minimum atomic E-state index is 0.231. The van der Waals surface area contributed by atoms with Crippen molar-refractivity contribution in [1.29, 1.82) is 0 Å². The minimum absolute atomic E-state index is 0.231. The number of nitrogens with zero attached hydrogens (tertiary/aromatic N) is 3. The molecule has 0 aliphatic carbocycles. The summed E-state index contributed by atoms with van der Waals surface area (Å²) in [7, 11) is 2.08. The molecule has 3 rings (SSSR count). The fraction of sp³-hybridized carbons (Fsp3) is 0.444. The van der Waals surface area contributed by atoms with Crippen LogP contribution in [0.2, 0.25) is 0 Å². The van der Waals surface area contributed by atoms with Crippen LogP contribution in [-0.2, 0) is 0 Å². The first-order valence-electron chi connectivity index (χ1n) is 8.32. The molecule has 2 N–H and O–H groups in total. The summed E-state index contributed by atoms with van der Waals surface area (Å²) in [4.78, 5) is 12.4. The summed E-state index contributed by atoms with van der Waals surface area (Å²) in [5.74, 6) is 2.77. The smallest absolute Gasteiger partial charge is 0.137 e. The van der Waals surface area contributed by atoms with Crippen molar-refractivity contribution >= 4 is 23.3 Å². The van der Waals surface area contributed by atoms with E-state index in [1.807, 2.05) is 13.1 Å². The number of hydrogen-bond acceptors (Lipinski definition) is 6. The Morgan fingerprint density at radius 3 is 3.12 bits per heavy atom. The van der Waals surface area contributed by atoms with E-state index in [9.17, 15) is 0 Å². The third-order valence-corrected chi connectivity index (χ3v) is 5.23. The molecule has 0 spiro atoms. The van der Waals surface area contributed by atoms with Crippen molar-refractivity contribution in [2.75, 3.05) is 36.2 Å². The van der Waals surface area contributed by atoms with Gasteiger partial charge in [-0.15, -0.1) is 11.8 Å². The molecular weight excluding hydrogens is 320 g/mol. The third-order valence-electron chi connectivity index (χ3n) is 4.15. The molecular formula is C18H24N4OS. The second-order valence-electron chi connectivity index (χ2n) is 6.06. The average Bonchev–Trinajstić information content (AvgIpc) is 2.58. The van der Waals surface area contributed by atoms with Gasteiger partial charge in [-0.3, -0.25) is 0 Å². The first kappa shape index (κ1) is 17.0. The quantitative estimate of drug-likeness (QED) is 0.620. The SMILES string of the molecule is Cc1ncc2c(n1)N(C)CCC2Nc1cccc(SCCCO)c1. The van der Waals surface area contributed by atoms with E-state index in [0.29, 0.717) is 0 Å². The largest absolute Gasteiger partial charge is 0.396 e. The molecule has 2 heterocycles. The molecule has 0 amide bonds. The number of anilines is 2. The van der Waals surface area contributed by atoms with Gasteiger partial charge >= 0.3 is 0 Å². The Hall–Kier alpha value is -1.79. The standard InChI is InChI=1S/C18H24N4OS/c1-13-19-12-16-17(7-8-22(2)18(16)20-13)21-14-5-3-6-15(11-14)24-10-4-9-23/h3,5-6,11-12,17,21,23H,4,7-10H2,1-2H3. The molecule has 0 saturated heterocycles. The first-order valence-corrected chi connectivity index (χ1v) is 9.31. The van der Waals surface area contributed by atoms with Crippen molar-refractivity contribution in [1.82, 2.24) is 9.97 Å². The summed E-state index contributed by atoms with van der Waals surface area (Å²) in [6.45, 7) is 3.15.